The van der Waals surface area contributed by atoms with E-state index >= 15 is 0 Å². The number of esters is 1. The van der Waals surface area contributed by atoms with Gasteiger partial charge in [0.1, 0.15) is 5.78 Å². The van der Waals surface area contributed by atoms with Gasteiger partial charge in [-0.25, -0.2) is 0 Å². The second-order valence-corrected chi connectivity index (χ2v) is 4.01. The van der Waals surface area contributed by atoms with Crippen LogP contribution >= 0.6 is 0 Å². The summed E-state index contributed by atoms with van der Waals surface area (Å²) in [4.78, 5) is 22.8. The van der Waals surface area contributed by atoms with Crippen LogP contribution in [0.3, 0.4) is 0 Å². The van der Waals surface area contributed by atoms with Crippen molar-refractivity contribution in [3.63, 3.8) is 0 Å². The number of carbonyl (C=O) groups is 2. The summed E-state index contributed by atoms with van der Waals surface area (Å²) < 4.78 is 4.90. The number of hydrogen-bond donors (Lipinski definition) is 1. The van der Waals surface area contributed by atoms with Gasteiger partial charge in [0.15, 0.2) is 0 Å². The maximum atomic E-state index is 11.5. The van der Waals surface area contributed by atoms with E-state index < -0.39 is 0 Å². The Kier molecular flexibility index (Phi) is 4.75. The van der Waals surface area contributed by atoms with Crippen LogP contribution in [-0.4, -0.2) is 30.1 Å². The van der Waals surface area contributed by atoms with Gasteiger partial charge in [0, 0.05) is 19.4 Å². The highest BCUT2D eigenvalue weighted by atomic mass is 16.5. The largest absolute Gasteiger partial charge is 0.466 e. The third-order valence-electron chi connectivity index (χ3n) is 2.77. The molecule has 4 nitrogen and oxygen atoms in total. The minimum absolute atomic E-state index is 0.0769. The van der Waals surface area contributed by atoms with E-state index in [-0.39, 0.29) is 30.2 Å². The summed E-state index contributed by atoms with van der Waals surface area (Å²) in [5.41, 5.74) is 0. The van der Waals surface area contributed by atoms with Gasteiger partial charge in [-0.2, -0.15) is 0 Å². The molecule has 0 saturated heterocycles. The molecule has 1 saturated carbocycles. The van der Waals surface area contributed by atoms with Gasteiger partial charge in [0.2, 0.25) is 0 Å². The lowest BCUT2D eigenvalue weighted by Gasteiger charge is -2.26. The first-order valence-electron chi connectivity index (χ1n) is 5.46. The first-order valence-corrected chi connectivity index (χ1v) is 5.46. The van der Waals surface area contributed by atoms with E-state index in [0.29, 0.717) is 32.3 Å². The molecule has 0 bridgehead atoms. The zero-order valence-corrected chi connectivity index (χ0v) is 9.07. The molecule has 0 heterocycles. The van der Waals surface area contributed by atoms with Crippen molar-refractivity contribution < 1.29 is 19.4 Å². The van der Waals surface area contributed by atoms with Gasteiger partial charge in [0.25, 0.3) is 0 Å². The molecule has 1 fully saturated rings. The molecule has 0 aromatic heterocycles. The Morgan fingerprint density at radius 1 is 1.53 bits per heavy atom. The lowest BCUT2D eigenvalue weighted by atomic mass is 9.79. The van der Waals surface area contributed by atoms with Crippen molar-refractivity contribution in [3.05, 3.63) is 0 Å². The van der Waals surface area contributed by atoms with Crippen molar-refractivity contribution in [2.75, 3.05) is 13.2 Å². The highest BCUT2D eigenvalue weighted by Gasteiger charge is 2.32. The molecule has 86 valence electrons. The smallest absolute Gasteiger partial charge is 0.309 e. The Morgan fingerprint density at radius 2 is 2.27 bits per heavy atom. The zero-order chi connectivity index (χ0) is 11.3. The summed E-state index contributed by atoms with van der Waals surface area (Å²) in [6.45, 7) is 2.19. The number of aliphatic hydroxyl groups excluding tert-OH is 1. The van der Waals surface area contributed by atoms with E-state index in [1.54, 1.807) is 6.92 Å². The van der Waals surface area contributed by atoms with Crippen molar-refractivity contribution in [2.45, 2.75) is 32.6 Å². The Bertz CT molecular complexity index is 237. The lowest BCUT2D eigenvalue weighted by Crippen LogP contribution is -2.30. The topological polar surface area (TPSA) is 63.6 Å². The first kappa shape index (κ1) is 12.2. The van der Waals surface area contributed by atoms with Gasteiger partial charge >= 0.3 is 5.97 Å². The quantitative estimate of drug-likeness (QED) is 0.707. The van der Waals surface area contributed by atoms with Gasteiger partial charge in [-0.3, -0.25) is 9.59 Å². The van der Waals surface area contributed by atoms with Crippen LogP contribution in [0, 0.1) is 11.8 Å². The van der Waals surface area contributed by atoms with Crippen molar-refractivity contribution in [2.24, 2.45) is 11.8 Å². The van der Waals surface area contributed by atoms with Crippen molar-refractivity contribution in [1.82, 2.24) is 0 Å². The highest BCUT2D eigenvalue weighted by Crippen LogP contribution is 2.29. The molecule has 0 aromatic carbocycles. The summed E-state index contributed by atoms with van der Waals surface area (Å²) in [5.74, 6) is -0.306. The first-order chi connectivity index (χ1) is 7.17. The molecule has 15 heavy (non-hydrogen) atoms. The minimum atomic E-state index is -0.289. The molecule has 1 aliphatic carbocycles. The number of rotatable bonds is 4. The van der Waals surface area contributed by atoms with Gasteiger partial charge in [0.05, 0.1) is 12.5 Å². The Morgan fingerprint density at radius 3 is 2.87 bits per heavy atom. The second-order valence-electron chi connectivity index (χ2n) is 4.01. The van der Waals surface area contributed by atoms with E-state index in [0.717, 1.165) is 0 Å². The Hall–Kier alpha value is -0.900. The number of ketones is 1. The number of carbonyl (C=O) groups excluding carboxylic acids is 2. The standard InChI is InChI=1S/C11H18O4/c1-2-15-11(14)9-5-8(3-4-12)6-10(13)7-9/h8-9,12H,2-7H2,1H3/t8-,9-/m0/s1. The average Bonchev–Trinajstić information content (AvgIpc) is 2.17. The summed E-state index contributed by atoms with van der Waals surface area (Å²) in [5, 5.41) is 8.81. The van der Waals surface area contributed by atoms with Crippen molar-refractivity contribution in [3.8, 4) is 0 Å². The van der Waals surface area contributed by atoms with E-state index in [1.165, 1.54) is 0 Å². The van der Waals surface area contributed by atoms with Crippen molar-refractivity contribution in [1.29, 1.82) is 0 Å². The summed E-state index contributed by atoms with van der Waals surface area (Å²) in [6.07, 6.45) is 2.07. The summed E-state index contributed by atoms with van der Waals surface area (Å²) >= 11 is 0. The summed E-state index contributed by atoms with van der Waals surface area (Å²) in [7, 11) is 0. The van der Waals surface area contributed by atoms with Gasteiger partial charge in [-0.1, -0.05) is 0 Å². The van der Waals surface area contributed by atoms with E-state index in [2.05, 4.69) is 0 Å². The molecule has 0 radical (unpaired) electrons. The third-order valence-corrected chi connectivity index (χ3v) is 2.77. The highest BCUT2D eigenvalue weighted by molar-refractivity contribution is 5.85. The monoisotopic (exact) mass is 214 g/mol. The lowest BCUT2D eigenvalue weighted by molar-refractivity contribution is -0.152. The minimum Gasteiger partial charge on any atom is -0.466 e. The van der Waals surface area contributed by atoms with Gasteiger partial charge < -0.3 is 9.84 Å². The fourth-order valence-electron chi connectivity index (χ4n) is 2.09. The van der Waals surface area contributed by atoms with Crippen LogP contribution in [-0.2, 0) is 14.3 Å². The van der Waals surface area contributed by atoms with Crippen molar-refractivity contribution >= 4 is 11.8 Å². The maximum absolute atomic E-state index is 11.5. The summed E-state index contributed by atoms with van der Waals surface area (Å²) in [6, 6.07) is 0. The molecule has 0 amide bonds. The van der Waals surface area contributed by atoms with Crippen LogP contribution in [0.25, 0.3) is 0 Å². The van der Waals surface area contributed by atoms with E-state index in [9.17, 15) is 9.59 Å². The average molecular weight is 214 g/mol. The zero-order valence-electron chi connectivity index (χ0n) is 9.07. The molecule has 1 aliphatic rings. The number of Topliss-reactive ketones (excluding diaryl/α,β-unsaturated/α-hetero) is 1. The molecule has 0 aromatic rings. The normalized spacial score (nSPS) is 26.4. The van der Waals surface area contributed by atoms with E-state index in [1.807, 2.05) is 0 Å². The predicted molar refractivity (Wildman–Crippen MR) is 54.2 cm³/mol. The number of hydrogen-bond acceptors (Lipinski definition) is 4. The molecule has 0 unspecified atom stereocenters. The molecular weight excluding hydrogens is 196 g/mol. The molecule has 2 atom stereocenters. The SMILES string of the molecule is CCOC(=O)[C@@H]1CC(=O)C[C@@H](CCO)C1. The second kappa shape index (κ2) is 5.85. The molecule has 0 spiro atoms. The van der Waals surface area contributed by atoms with Crippen LogP contribution in [0.4, 0.5) is 0 Å². The van der Waals surface area contributed by atoms with Crippen LogP contribution in [0.5, 0.6) is 0 Å². The Labute approximate surface area is 89.6 Å². The fourth-order valence-corrected chi connectivity index (χ4v) is 2.09. The van der Waals surface area contributed by atoms with Crippen LogP contribution in [0.1, 0.15) is 32.6 Å². The van der Waals surface area contributed by atoms with Gasteiger partial charge in [-0.15, -0.1) is 0 Å². The van der Waals surface area contributed by atoms with E-state index in [4.69, 9.17) is 9.84 Å². The molecular formula is C11H18O4. The van der Waals surface area contributed by atoms with Crippen LogP contribution in [0.2, 0.25) is 0 Å². The molecule has 1 N–H and O–H groups in total. The number of aliphatic hydroxyl groups is 1. The van der Waals surface area contributed by atoms with Crippen LogP contribution < -0.4 is 0 Å². The predicted octanol–water partition coefficient (Wildman–Crippen LogP) is 0.917. The molecule has 4 heteroatoms. The van der Waals surface area contributed by atoms with Crippen LogP contribution in [0.15, 0.2) is 0 Å². The van der Waals surface area contributed by atoms with Gasteiger partial charge in [-0.05, 0) is 25.7 Å². The maximum Gasteiger partial charge on any atom is 0.309 e. The molecule has 1 rings (SSSR count). The Balaban J connectivity index is 2.51. The number of ether oxygens (including phenoxy) is 1. The third kappa shape index (κ3) is 3.63. The fraction of sp³-hybridized carbons (Fsp3) is 0.818. The molecule has 0 aliphatic heterocycles.